The van der Waals surface area contributed by atoms with Crippen LogP contribution in [0.2, 0.25) is 0 Å². The molecule has 6 heteroatoms. The lowest BCUT2D eigenvalue weighted by molar-refractivity contribution is -0.116. The van der Waals surface area contributed by atoms with E-state index in [4.69, 9.17) is 9.15 Å². The fourth-order valence-corrected chi connectivity index (χ4v) is 3.64. The Balaban J connectivity index is 1.36. The summed E-state index contributed by atoms with van der Waals surface area (Å²) < 4.78 is 10.4. The SMILES string of the molecule is COc1ccc(CCC(=O)Nc2ccc3c(c2)CN(C(=O)c2ccco2)CC3)cc1. The zero-order valence-corrected chi connectivity index (χ0v) is 16.9. The standard InChI is InChI=1S/C24H24N2O4/c1-29-21-9-4-17(5-10-21)6-11-23(27)25-20-8-7-18-12-13-26(16-19(18)15-20)24(28)22-3-2-14-30-22/h2-5,7-10,14-15H,6,11-13,16H2,1H3,(H,25,27). The zero-order chi connectivity index (χ0) is 20.9. The van der Waals surface area contributed by atoms with E-state index in [1.807, 2.05) is 42.5 Å². The number of rotatable bonds is 6. The number of nitrogens with one attached hydrogen (secondary N) is 1. The lowest BCUT2D eigenvalue weighted by Crippen LogP contribution is -2.35. The van der Waals surface area contributed by atoms with E-state index in [1.54, 1.807) is 24.1 Å². The van der Waals surface area contributed by atoms with E-state index < -0.39 is 0 Å². The van der Waals surface area contributed by atoms with Crippen LogP contribution in [-0.4, -0.2) is 30.4 Å². The quantitative estimate of drug-likeness (QED) is 0.673. The number of ether oxygens (including phenoxy) is 1. The first-order valence-electron chi connectivity index (χ1n) is 10.00. The van der Waals surface area contributed by atoms with Crippen molar-refractivity contribution in [2.75, 3.05) is 19.0 Å². The van der Waals surface area contributed by atoms with Crippen LogP contribution in [0.5, 0.6) is 5.75 Å². The van der Waals surface area contributed by atoms with Crippen molar-refractivity contribution < 1.29 is 18.7 Å². The Kier molecular flexibility index (Phi) is 5.84. The van der Waals surface area contributed by atoms with Gasteiger partial charge in [-0.25, -0.2) is 0 Å². The van der Waals surface area contributed by atoms with Crippen molar-refractivity contribution in [1.29, 1.82) is 0 Å². The van der Waals surface area contributed by atoms with E-state index >= 15 is 0 Å². The van der Waals surface area contributed by atoms with Gasteiger partial charge < -0.3 is 19.4 Å². The Morgan fingerprint density at radius 1 is 1.10 bits per heavy atom. The van der Waals surface area contributed by atoms with Crippen molar-refractivity contribution in [2.45, 2.75) is 25.8 Å². The first kappa shape index (κ1) is 19.8. The molecule has 4 rings (SSSR count). The van der Waals surface area contributed by atoms with Gasteiger partial charge in [-0.15, -0.1) is 0 Å². The van der Waals surface area contributed by atoms with Crippen molar-refractivity contribution >= 4 is 17.5 Å². The van der Waals surface area contributed by atoms with Crippen molar-refractivity contribution in [3.63, 3.8) is 0 Å². The summed E-state index contributed by atoms with van der Waals surface area (Å²) in [6.45, 7) is 1.16. The summed E-state index contributed by atoms with van der Waals surface area (Å²) in [5.41, 5.74) is 4.09. The Morgan fingerprint density at radius 2 is 1.93 bits per heavy atom. The summed E-state index contributed by atoms with van der Waals surface area (Å²) in [5, 5.41) is 2.97. The summed E-state index contributed by atoms with van der Waals surface area (Å²) in [4.78, 5) is 26.7. The minimum Gasteiger partial charge on any atom is -0.497 e. The molecule has 0 spiro atoms. The molecule has 0 radical (unpaired) electrons. The second-order valence-electron chi connectivity index (χ2n) is 7.33. The number of methoxy groups -OCH3 is 1. The number of carbonyl (C=O) groups excluding carboxylic acids is 2. The van der Waals surface area contributed by atoms with Crippen molar-refractivity contribution in [3.05, 3.63) is 83.3 Å². The molecule has 30 heavy (non-hydrogen) atoms. The van der Waals surface area contributed by atoms with Crippen molar-refractivity contribution in [3.8, 4) is 5.75 Å². The van der Waals surface area contributed by atoms with Crippen molar-refractivity contribution in [2.24, 2.45) is 0 Å². The minimum atomic E-state index is -0.111. The molecule has 1 N–H and O–H groups in total. The predicted molar refractivity (Wildman–Crippen MR) is 114 cm³/mol. The number of carbonyl (C=O) groups is 2. The number of hydrogen-bond acceptors (Lipinski definition) is 4. The van der Waals surface area contributed by atoms with Crippen LogP contribution in [-0.2, 0) is 24.2 Å². The first-order valence-corrected chi connectivity index (χ1v) is 10.00. The van der Waals surface area contributed by atoms with E-state index in [1.165, 1.54) is 11.8 Å². The Bertz CT molecular complexity index is 1030. The largest absolute Gasteiger partial charge is 0.497 e. The number of fused-ring (bicyclic) bond motifs is 1. The number of furan rings is 1. The van der Waals surface area contributed by atoms with Crippen LogP contribution in [0.15, 0.2) is 65.3 Å². The fourth-order valence-electron chi connectivity index (χ4n) is 3.64. The maximum atomic E-state index is 12.5. The average Bonchev–Trinajstić information content (AvgIpc) is 3.32. The minimum absolute atomic E-state index is 0.0369. The number of hydrogen-bond donors (Lipinski definition) is 1. The van der Waals surface area contributed by atoms with Gasteiger partial charge in [-0.3, -0.25) is 9.59 Å². The summed E-state index contributed by atoms with van der Waals surface area (Å²) in [6, 6.07) is 17.0. The molecule has 3 aromatic rings. The molecule has 2 amide bonds. The molecular formula is C24H24N2O4. The molecule has 0 saturated carbocycles. The zero-order valence-electron chi connectivity index (χ0n) is 16.9. The second kappa shape index (κ2) is 8.86. The third-order valence-corrected chi connectivity index (χ3v) is 5.32. The van der Waals surface area contributed by atoms with Crippen LogP contribution >= 0.6 is 0 Å². The molecule has 0 bridgehead atoms. The summed E-state index contributed by atoms with van der Waals surface area (Å²) in [6.07, 6.45) is 3.34. The van der Waals surface area contributed by atoms with Gasteiger partial charge in [0.05, 0.1) is 13.4 Å². The molecule has 0 saturated heterocycles. The smallest absolute Gasteiger partial charge is 0.289 e. The molecule has 0 atom stereocenters. The van der Waals surface area contributed by atoms with E-state index in [9.17, 15) is 9.59 Å². The Morgan fingerprint density at radius 3 is 2.67 bits per heavy atom. The molecular weight excluding hydrogens is 380 g/mol. The van der Waals surface area contributed by atoms with Gasteiger partial charge >= 0.3 is 0 Å². The van der Waals surface area contributed by atoms with Gasteiger partial charge in [0.15, 0.2) is 5.76 Å². The summed E-state index contributed by atoms with van der Waals surface area (Å²) >= 11 is 0. The van der Waals surface area contributed by atoms with Crippen LogP contribution in [0, 0.1) is 0 Å². The highest BCUT2D eigenvalue weighted by Crippen LogP contribution is 2.24. The summed E-state index contributed by atoms with van der Waals surface area (Å²) in [5.74, 6) is 1.00. The van der Waals surface area contributed by atoms with Crippen LogP contribution in [0.3, 0.4) is 0 Å². The van der Waals surface area contributed by atoms with Crippen LogP contribution in [0.1, 0.15) is 33.7 Å². The normalized spacial score (nSPS) is 12.9. The average molecular weight is 404 g/mol. The number of anilines is 1. The highest BCUT2D eigenvalue weighted by molar-refractivity contribution is 5.92. The lowest BCUT2D eigenvalue weighted by atomic mass is 9.98. The number of nitrogens with zero attached hydrogens (tertiary/aromatic N) is 1. The summed E-state index contributed by atoms with van der Waals surface area (Å²) in [7, 11) is 1.63. The molecule has 1 aliphatic heterocycles. The molecule has 6 nitrogen and oxygen atoms in total. The lowest BCUT2D eigenvalue weighted by Gasteiger charge is -2.28. The van der Waals surface area contributed by atoms with Crippen LogP contribution < -0.4 is 10.1 Å². The van der Waals surface area contributed by atoms with E-state index in [0.29, 0.717) is 31.7 Å². The molecule has 1 aromatic heterocycles. The van der Waals surface area contributed by atoms with Gasteiger partial charge in [-0.1, -0.05) is 18.2 Å². The molecule has 0 unspecified atom stereocenters. The third kappa shape index (κ3) is 4.54. The van der Waals surface area contributed by atoms with Gasteiger partial charge in [-0.05, 0) is 65.9 Å². The van der Waals surface area contributed by atoms with E-state index in [0.717, 1.165) is 29.0 Å². The van der Waals surface area contributed by atoms with Gasteiger partial charge in [0, 0.05) is 25.2 Å². The van der Waals surface area contributed by atoms with Gasteiger partial charge in [-0.2, -0.15) is 0 Å². The molecule has 0 aliphatic carbocycles. The maximum Gasteiger partial charge on any atom is 0.289 e. The van der Waals surface area contributed by atoms with Gasteiger partial charge in [0.25, 0.3) is 5.91 Å². The van der Waals surface area contributed by atoms with Gasteiger partial charge in [0.1, 0.15) is 5.75 Å². The molecule has 2 heterocycles. The molecule has 0 fully saturated rings. The van der Waals surface area contributed by atoms with Crippen molar-refractivity contribution in [1.82, 2.24) is 4.90 Å². The number of aryl methyl sites for hydroxylation is 1. The number of benzene rings is 2. The Labute approximate surface area is 175 Å². The maximum absolute atomic E-state index is 12.5. The van der Waals surface area contributed by atoms with Crippen LogP contribution in [0.4, 0.5) is 5.69 Å². The highest BCUT2D eigenvalue weighted by atomic mass is 16.5. The molecule has 154 valence electrons. The van der Waals surface area contributed by atoms with Gasteiger partial charge in [0.2, 0.25) is 5.91 Å². The molecule has 1 aliphatic rings. The fraction of sp³-hybridized carbons (Fsp3) is 0.250. The van der Waals surface area contributed by atoms with E-state index in [2.05, 4.69) is 5.32 Å². The monoisotopic (exact) mass is 404 g/mol. The second-order valence-corrected chi connectivity index (χ2v) is 7.33. The molecule has 2 aromatic carbocycles. The van der Waals surface area contributed by atoms with Crippen LogP contribution in [0.25, 0.3) is 0 Å². The topological polar surface area (TPSA) is 71.8 Å². The number of amides is 2. The Hall–Kier alpha value is -3.54. The highest BCUT2D eigenvalue weighted by Gasteiger charge is 2.23. The first-order chi connectivity index (χ1) is 14.6. The third-order valence-electron chi connectivity index (χ3n) is 5.32. The van der Waals surface area contributed by atoms with E-state index in [-0.39, 0.29) is 11.8 Å². The predicted octanol–water partition coefficient (Wildman–Crippen LogP) is 4.06.